The highest BCUT2D eigenvalue weighted by Crippen LogP contribution is 2.27. The standard InChI is InChI=1S/C16H25ClN2S.C2H2O4/c1-2-3-4-5-11-19-12-9-14(10-13-19)20-16-8-6-7-15(17)18-16;3-1(4)2(5)6/h6-8,14H,2-5,9-13H2,1H3;(H,3,4)(H,5,6). The lowest BCUT2D eigenvalue weighted by Gasteiger charge is -2.28. The molecule has 0 amide bonds. The molecular formula is C18H27ClN2O4S. The topological polar surface area (TPSA) is 94.8 Å². The molecule has 2 heterocycles. The van der Waals surface area contributed by atoms with E-state index in [0.29, 0.717) is 5.15 Å². The first-order valence-electron chi connectivity index (χ1n) is 8.99. The molecule has 0 unspecified atom stereocenters. The Labute approximate surface area is 163 Å². The zero-order chi connectivity index (χ0) is 19.4. The number of aliphatic carboxylic acids is 2. The first kappa shape index (κ1) is 22.7. The minimum Gasteiger partial charge on any atom is -0.539 e. The molecule has 26 heavy (non-hydrogen) atoms. The largest absolute Gasteiger partial charge is 0.539 e. The van der Waals surface area contributed by atoms with Crippen molar-refractivity contribution in [2.75, 3.05) is 19.6 Å². The summed E-state index contributed by atoms with van der Waals surface area (Å²) in [6.45, 7) is 6.29. The van der Waals surface area contributed by atoms with Gasteiger partial charge in [-0.05, 0) is 25.0 Å². The van der Waals surface area contributed by atoms with Gasteiger partial charge in [0.2, 0.25) is 0 Å². The number of pyridine rings is 1. The van der Waals surface area contributed by atoms with Crippen LogP contribution in [-0.2, 0) is 9.59 Å². The van der Waals surface area contributed by atoms with E-state index in [1.165, 1.54) is 58.2 Å². The van der Waals surface area contributed by atoms with Crippen LogP contribution in [0, 0.1) is 0 Å². The first-order chi connectivity index (χ1) is 12.4. The van der Waals surface area contributed by atoms with Crippen molar-refractivity contribution in [3.05, 3.63) is 23.4 Å². The van der Waals surface area contributed by atoms with Crippen LogP contribution in [0.15, 0.2) is 23.2 Å². The first-order valence-corrected chi connectivity index (χ1v) is 10.2. The number of quaternary nitrogens is 1. The number of thioether (sulfide) groups is 1. The smallest absolute Gasteiger partial charge is 0.351 e. The molecule has 1 fully saturated rings. The molecule has 0 aromatic carbocycles. The number of nitrogens with one attached hydrogen (secondary N) is 1. The Morgan fingerprint density at radius 1 is 1.31 bits per heavy atom. The van der Waals surface area contributed by atoms with E-state index in [2.05, 4.69) is 18.0 Å². The zero-order valence-electron chi connectivity index (χ0n) is 15.1. The number of carbonyl (C=O) groups is 2. The third-order valence-electron chi connectivity index (χ3n) is 4.18. The van der Waals surface area contributed by atoms with Gasteiger partial charge in [0.25, 0.3) is 0 Å². The predicted octanol–water partition coefficient (Wildman–Crippen LogP) is 1.28. The van der Waals surface area contributed by atoms with E-state index >= 15 is 0 Å². The number of carbonyl (C=O) groups excluding carboxylic acids is 1. The minimum absolute atomic E-state index is 0.606. The predicted molar refractivity (Wildman–Crippen MR) is 100 cm³/mol. The van der Waals surface area contributed by atoms with Gasteiger partial charge in [-0.15, -0.1) is 11.8 Å². The molecule has 0 radical (unpaired) electrons. The third-order valence-corrected chi connectivity index (χ3v) is 5.66. The molecule has 1 saturated heterocycles. The van der Waals surface area contributed by atoms with Crippen molar-refractivity contribution in [3.8, 4) is 0 Å². The summed E-state index contributed by atoms with van der Waals surface area (Å²) in [5.74, 6) is -4.01. The van der Waals surface area contributed by atoms with Crippen molar-refractivity contribution in [3.63, 3.8) is 0 Å². The maximum Gasteiger partial charge on any atom is 0.351 e. The Kier molecular flexibility index (Phi) is 11.3. The molecular weight excluding hydrogens is 376 g/mol. The number of unbranched alkanes of at least 4 members (excludes halogenated alkanes) is 3. The van der Waals surface area contributed by atoms with E-state index in [4.69, 9.17) is 31.4 Å². The fraction of sp³-hybridized carbons (Fsp3) is 0.611. The summed E-state index contributed by atoms with van der Waals surface area (Å²) in [5.41, 5.74) is 0. The van der Waals surface area contributed by atoms with Crippen LogP contribution in [0.5, 0.6) is 0 Å². The Morgan fingerprint density at radius 3 is 2.50 bits per heavy atom. The Balaban J connectivity index is 0.000000487. The quantitative estimate of drug-likeness (QED) is 0.405. The van der Waals surface area contributed by atoms with E-state index < -0.39 is 11.9 Å². The van der Waals surface area contributed by atoms with Gasteiger partial charge in [0.1, 0.15) is 5.15 Å². The monoisotopic (exact) mass is 402 g/mol. The van der Waals surface area contributed by atoms with Gasteiger partial charge in [0.05, 0.1) is 24.7 Å². The Bertz CT molecular complexity index is 554. The molecule has 1 aliphatic heterocycles. The van der Waals surface area contributed by atoms with Gasteiger partial charge >= 0.3 is 5.97 Å². The second-order valence-electron chi connectivity index (χ2n) is 6.27. The minimum atomic E-state index is -2.07. The van der Waals surface area contributed by atoms with Gasteiger partial charge in [-0.25, -0.2) is 9.78 Å². The van der Waals surface area contributed by atoms with Gasteiger partial charge in [-0.3, -0.25) is 0 Å². The number of likely N-dealkylation sites (tertiary alicyclic amines) is 1. The number of hydrogen-bond acceptors (Lipinski definition) is 5. The summed E-state index contributed by atoms with van der Waals surface area (Å²) >= 11 is 7.84. The molecule has 0 atom stereocenters. The third kappa shape index (κ3) is 9.99. The fourth-order valence-corrected chi connectivity index (χ4v) is 4.13. The van der Waals surface area contributed by atoms with E-state index in [-0.39, 0.29) is 0 Å². The van der Waals surface area contributed by atoms with Gasteiger partial charge < -0.3 is 19.9 Å². The van der Waals surface area contributed by atoms with Crippen LogP contribution in [0.3, 0.4) is 0 Å². The van der Waals surface area contributed by atoms with Crippen LogP contribution in [0.2, 0.25) is 5.15 Å². The van der Waals surface area contributed by atoms with Crippen LogP contribution >= 0.6 is 23.4 Å². The number of hydrogen-bond donors (Lipinski definition) is 2. The molecule has 146 valence electrons. The maximum absolute atomic E-state index is 9.04. The summed E-state index contributed by atoms with van der Waals surface area (Å²) in [6, 6.07) is 5.90. The van der Waals surface area contributed by atoms with Crippen LogP contribution in [0.25, 0.3) is 0 Å². The number of halogens is 1. The number of nitrogens with zero attached hydrogens (tertiary/aromatic N) is 1. The average molecular weight is 403 g/mol. The molecule has 6 nitrogen and oxygen atoms in total. The summed E-state index contributed by atoms with van der Waals surface area (Å²) in [4.78, 5) is 24.2. The van der Waals surface area contributed by atoms with Gasteiger partial charge in [0.15, 0.2) is 5.97 Å². The maximum atomic E-state index is 9.04. The van der Waals surface area contributed by atoms with Crippen LogP contribution in [0.1, 0.15) is 45.4 Å². The second kappa shape index (κ2) is 12.9. The zero-order valence-corrected chi connectivity index (χ0v) is 16.7. The number of carboxylic acid groups (broad SMARTS) is 2. The summed E-state index contributed by atoms with van der Waals surface area (Å²) in [6.07, 6.45) is 8.15. The Hall–Kier alpha value is -1.31. The molecule has 0 spiro atoms. The van der Waals surface area contributed by atoms with Gasteiger partial charge in [0, 0.05) is 18.1 Å². The summed E-state index contributed by atoms with van der Waals surface area (Å²) in [7, 11) is 0. The lowest BCUT2D eigenvalue weighted by molar-refractivity contribution is -0.904. The van der Waals surface area contributed by atoms with Gasteiger partial charge in [-0.1, -0.05) is 37.4 Å². The van der Waals surface area contributed by atoms with E-state index in [0.717, 1.165) is 10.3 Å². The number of carboxylic acids is 2. The van der Waals surface area contributed by atoms with Crippen LogP contribution in [-0.4, -0.2) is 46.9 Å². The van der Waals surface area contributed by atoms with Crippen LogP contribution < -0.4 is 10.0 Å². The van der Waals surface area contributed by atoms with Crippen LogP contribution in [0.4, 0.5) is 0 Å². The van der Waals surface area contributed by atoms with E-state index in [1.54, 1.807) is 4.90 Å². The van der Waals surface area contributed by atoms with E-state index in [1.807, 2.05) is 23.9 Å². The highest BCUT2D eigenvalue weighted by molar-refractivity contribution is 7.99. The highest BCUT2D eigenvalue weighted by Gasteiger charge is 2.22. The fourth-order valence-electron chi connectivity index (χ4n) is 2.80. The molecule has 0 aliphatic carbocycles. The van der Waals surface area contributed by atoms with E-state index in [9.17, 15) is 0 Å². The molecule has 2 N–H and O–H groups in total. The molecule has 0 bridgehead atoms. The summed E-state index contributed by atoms with van der Waals surface area (Å²) in [5, 5.41) is 18.7. The van der Waals surface area contributed by atoms with Crippen molar-refractivity contribution in [2.24, 2.45) is 0 Å². The van der Waals surface area contributed by atoms with Gasteiger partial charge in [-0.2, -0.15) is 0 Å². The second-order valence-corrected chi connectivity index (χ2v) is 7.98. The molecule has 8 heteroatoms. The molecule has 1 aromatic heterocycles. The highest BCUT2D eigenvalue weighted by atomic mass is 35.5. The van der Waals surface area contributed by atoms with Crippen molar-refractivity contribution in [1.29, 1.82) is 0 Å². The summed E-state index contributed by atoms with van der Waals surface area (Å²) < 4.78 is 0. The Morgan fingerprint density at radius 2 is 1.96 bits per heavy atom. The normalized spacial score (nSPS) is 19.3. The number of aromatic nitrogens is 1. The number of piperidine rings is 1. The molecule has 1 aliphatic rings. The SMILES string of the molecule is CCCCCC[NH+]1CCC(Sc2cccc(Cl)n2)CC1.O=C([O-])C(=O)O. The molecule has 2 rings (SSSR count). The van der Waals surface area contributed by atoms with Crippen molar-refractivity contribution >= 4 is 35.3 Å². The molecule has 0 saturated carbocycles. The van der Waals surface area contributed by atoms with Crippen molar-refractivity contribution in [2.45, 2.75) is 55.7 Å². The van der Waals surface area contributed by atoms with Crippen molar-refractivity contribution in [1.82, 2.24) is 4.98 Å². The average Bonchev–Trinajstić information content (AvgIpc) is 2.61. The molecule has 1 aromatic rings. The lowest BCUT2D eigenvalue weighted by atomic mass is 10.1. The number of rotatable bonds is 7. The lowest BCUT2D eigenvalue weighted by Crippen LogP contribution is -3.13. The van der Waals surface area contributed by atoms with Crippen molar-refractivity contribution < 1.29 is 24.7 Å².